The number of benzene rings is 4. The number of rotatable bonds is 56. The Bertz CT molecular complexity index is 3690. The highest BCUT2D eigenvalue weighted by molar-refractivity contribution is 6.36. The summed E-state index contributed by atoms with van der Waals surface area (Å²) in [7, 11) is 0. The molecule has 0 radical (unpaired) electrons. The van der Waals surface area contributed by atoms with Crippen LogP contribution >= 0.6 is 0 Å². The van der Waals surface area contributed by atoms with E-state index in [2.05, 4.69) is 42.5 Å². The minimum Gasteiger partial charge on any atom is -0.481 e. The Morgan fingerprint density at radius 1 is 0.229 bits per heavy atom. The van der Waals surface area contributed by atoms with Crippen molar-refractivity contribution in [1.29, 1.82) is 0 Å². The van der Waals surface area contributed by atoms with E-state index < -0.39 is 118 Å². The van der Waals surface area contributed by atoms with Gasteiger partial charge in [-0.3, -0.25) is 76.7 Å². The van der Waals surface area contributed by atoms with Crippen molar-refractivity contribution in [2.24, 2.45) is 0 Å². The van der Waals surface area contributed by atoms with E-state index in [0.29, 0.717) is 44.5 Å². The smallest absolute Gasteiger partial charge is 0.310 e. The first-order valence-electron chi connectivity index (χ1n) is 39.2. The molecule has 0 heterocycles. The van der Waals surface area contributed by atoms with Crippen molar-refractivity contribution in [3.63, 3.8) is 0 Å². The first-order valence-corrected chi connectivity index (χ1v) is 39.2. The van der Waals surface area contributed by atoms with Crippen molar-refractivity contribution in [3.8, 4) is 0 Å². The second-order valence-electron chi connectivity index (χ2n) is 28.9. The zero-order chi connectivity index (χ0) is 85.9. The van der Waals surface area contributed by atoms with Crippen LogP contribution in [0.3, 0.4) is 0 Å². The second kappa shape index (κ2) is 46.8. The minimum absolute atomic E-state index is 0.00618. The van der Waals surface area contributed by atoms with Crippen molar-refractivity contribution in [2.45, 2.75) is 100.0 Å². The third kappa shape index (κ3) is 28.2. The van der Waals surface area contributed by atoms with Crippen LogP contribution in [-0.2, 0) is 87.8 Å². The van der Waals surface area contributed by atoms with Crippen molar-refractivity contribution in [1.82, 2.24) is 71.9 Å². The molecule has 10 rings (SSSR count). The molecule has 4 aromatic carbocycles. The highest BCUT2D eigenvalue weighted by Gasteiger charge is 2.64. The van der Waals surface area contributed by atoms with Crippen molar-refractivity contribution < 1.29 is 118 Å². The summed E-state index contributed by atoms with van der Waals surface area (Å²) in [4.78, 5) is 214. The maximum Gasteiger partial charge on any atom is 0.310 e. The molecule has 38 heteroatoms. The third-order valence-electron chi connectivity index (χ3n) is 20.9. The van der Waals surface area contributed by atoms with Gasteiger partial charge in [0.2, 0.25) is 23.6 Å². The maximum atomic E-state index is 15.2. The largest absolute Gasteiger partial charge is 0.481 e. The van der Waals surface area contributed by atoms with Crippen LogP contribution in [0.5, 0.6) is 0 Å². The van der Waals surface area contributed by atoms with Gasteiger partial charge in [0.1, 0.15) is 11.1 Å². The molecule has 8 amide bonds. The number of carbonyl (C=O) groups is 16. The molecule has 6 aliphatic rings. The number of nitrogens with zero attached hydrogens (tertiary/aromatic N) is 6. The highest BCUT2D eigenvalue weighted by atomic mass is 16.4. The molecule has 0 unspecified atom stereocenters. The summed E-state index contributed by atoms with van der Waals surface area (Å²) in [5, 5.41) is 97.1. The van der Waals surface area contributed by atoms with Crippen LogP contribution in [0.15, 0.2) is 97.1 Å². The monoisotopic (exact) mass is 1650 g/mol. The van der Waals surface area contributed by atoms with Crippen molar-refractivity contribution in [2.75, 3.05) is 157 Å². The zero-order valence-corrected chi connectivity index (χ0v) is 65.6. The van der Waals surface area contributed by atoms with Gasteiger partial charge in [0.05, 0.1) is 51.4 Å². The van der Waals surface area contributed by atoms with E-state index in [1.165, 1.54) is 0 Å². The topological polar surface area (TPSA) is 551 Å². The highest BCUT2D eigenvalue weighted by Crippen LogP contribution is 2.66. The SMILES string of the molecule is O=C(O)CCN(CCNC(=O)CCN(CCNC(=O)C(=O)NC12c3ccccc3C(c3ccccc31)C1(NC(=O)C(=O)NCCN(CCC(=O)NCCN(CCC(=O)O)CCC(=O)O)CCC(=O)NCCN(CCC(=O)O)CCC(=O)O)c3ccccc3C2c2ccccc21)CCC(=O)NCCN(CCC(=O)O)CCC(=O)O)CCC(=O)O. The summed E-state index contributed by atoms with van der Waals surface area (Å²) in [6.07, 6.45) is -2.66. The number of carbonyl (C=O) groups excluding carboxylic acids is 8. The first kappa shape index (κ1) is 93.3. The number of aliphatic carboxylic acids is 8. The molecule has 4 bridgehead atoms. The number of hydrogen-bond donors (Lipinski definition) is 16. The van der Waals surface area contributed by atoms with Gasteiger partial charge in [0.25, 0.3) is 0 Å². The number of amides is 8. The third-order valence-corrected chi connectivity index (χ3v) is 20.9. The van der Waals surface area contributed by atoms with E-state index in [0.717, 1.165) is 0 Å². The first-order chi connectivity index (χ1) is 56.4. The van der Waals surface area contributed by atoms with Crippen LogP contribution in [-0.4, -0.2) is 322 Å². The molecule has 118 heavy (non-hydrogen) atoms. The van der Waals surface area contributed by atoms with Gasteiger partial charge in [0.15, 0.2) is 0 Å². The van der Waals surface area contributed by atoms with Crippen LogP contribution in [0.1, 0.15) is 133 Å². The summed E-state index contributed by atoms with van der Waals surface area (Å²) < 4.78 is 0. The standard InChI is InChI=1S/C80H106N14O24/c95-61(81-29-47-91(39-21-65(99)100)40-22-66(101)102)17-35-89(36-18-62(96)82-30-48-92(41-23-67(103)104)42-24-68(105)106)51-33-85-75(115)77(117)87-79-57-13-5-1-9-53(57)73(54-10-2-6-14-58(54)79)80(59-15-7-3-11-55(59)74(79)56-12-4-8-16-60(56)80)88-78(118)76(116)86-34-52-90(37-19-63(97)83-31-49-93(43-25-69(107)108)44-26-70(109)110)38-20-64(98)84-32-50-94(45-27-71(111)112)46-28-72(113)114/h1-16,73-74H,17-52H2,(H,81,95)(H,82,96)(H,83,97)(H,84,98)(H,85,115)(H,86,116)(H,87,117)(H,88,118)(H,99,100)(H,101,102)(H,103,104)(H,105,106)(H,107,108)(H,109,110)(H,111,112)(H,113,114). The summed E-state index contributed by atoms with van der Waals surface area (Å²) in [5.41, 5.74) is 1.54. The van der Waals surface area contributed by atoms with Gasteiger partial charge in [-0.15, -0.1) is 0 Å². The van der Waals surface area contributed by atoms with Crippen molar-refractivity contribution >= 4 is 95.0 Å². The van der Waals surface area contributed by atoms with Gasteiger partial charge in [0, 0.05) is 195 Å². The molecule has 4 aromatic rings. The Labute approximate surface area is 680 Å². The average molecular weight is 1650 g/mol. The van der Waals surface area contributed by atoms with Gasteiger partial charge < -0.3 is 113 Å². The Morgan fingerprint density at radius 2 is 0.398 bits per heavy atom. The minimum atomic E-state index is -1.59. The summed E-state index contributed by atoms with van der Waals surface area (Å²) in [5.74, 6) is -16.4. The fourth-order valence-electron chi connectivity index (χ4n) is 15.2. The van der Waals surface area contributed by atoms with Gasteiger partial charge in [-0.1, -0.05) is 97.1 Å². The Hall–Kier alpha value is -11.8. The summed E-state index contributed by atoms with van der Waals surface area (Å²) in [6, 6.07) is 29.1. The molecule has 0 aromatic heterocycles. The Kier molecular flexibility index (Phi) is 37.0. The van der Waals surface area contributed by atoms with Gasteiger partial charge in [-0.25, -0.2) is 0 Å². The van der Waals surface area contributed by atoms with E-state index in [1.807, 2.05) is 48.5 Å². The van der Waals surface area contributed by atoms with Crippen LogP contribution in [0.25, 0.3) is 0 Å². The molecule has 0 atom stereocenters. The lowest BCUT2D eigenvalue weighted by molar-refractivity contribution is -0.140. The molecular formula is C80H106N14O24. The fourth-order valence-corrected chi connectivity index (χ4v) is 15.2. The molecule has 0 fully saturated rings. The van der Waals surface area contributed by atoms with Crippen LogP contribution in [0.2, 0.25) is 0 Å². The van der Waals surface area contributed by atoms with Crippen LogP contribution in [0, 0.1) is 0 Å². The predicted molar refractivity (Wildman–Crippen MR) is 420 cm³/mol. The predicted octanol–water partition coefficient (Wildman–Crippen LogP) is -1.12. The molecule has 640 valence electrons. The molecular weight excluding hydrogens is 1540 g/mol. The normalized spacial score (nSPS) is 15.8. The Morgan fingerprint density at radius 3 is 0.585 bits per heavy atom. The van der Waals surface area contributed by atoms with Crippen LogP contribution < -0.4 is 42.5 Å². The molecule has 0 spiro atoms. The van der Waals surface area contributed by atoms with Gasteiger partial charge in [-0.2, -0.15) is 0 Å². The van der Waals surface area contributed by atoms with E-state index in [1.54, 1.807) is 77.9 Å². The Balaban J connectivity index is 1.10. The average Bonchev–Trinajstić information content (AvgIpc) is 0.655. The van der Waals surface area contributed by atoms with Gasteiger partial charge >= 0.3 is 71.4 Å². The second-order valence-corrected chi connectivity index (χ2v) is 28.9. The van der Waals surface area contributed by atoms with E-state index in [4.69, 9.17) is 0 Å². The summed E-state index contributed by atoms with van der Waals surface area (Å²) >= 11 is 0. The fraction of sp³-hybridized carbons (Fsp3) is 0.500. The van der Waals surface area contributed by atoms with E-state index in [9.17, 15) is 108 Å². The molecule has 0 aliphatic heterocycles. The lowest BCUT2D eigenvalue weighted by Crippen LogP contribution is -2.65. The lowest BCUT2D eigenvalue weighted by Gasteiger charge is -2.60. The number of carboxylic acid groups (broad SMARTS) is 8. The molecule has 0 saturated heterocycles. The molecule has 16 N–H and O–H groups in total. The number of hydrogen-bond acceptors (Lipinski definition) is 22. The van der Waals surface area contributed by atoms with E-state index in [-0.39, 0.29) is 234 Å². The number of carboxylic acids is 8. The maximum absolute atomic E-state index is 15.2. The molecule has 0 saturated carbocycles. The molecule has 38 nitrogen and oxygen atoms in total. The summed E-state index contributed by atoms with van der Waals surface area (Å²) in [6.45, 7) is 0.674. The van der Waals surface area contributed by atoms with Crippen molar-refractivity contribution in [3.05, 3.63) is 142 Å². The molecule has 6 aliphatic carbocycles. The van der Waals surface area contributed by atoms with E-state index >= 15 is 9.59 Å². The zero-order valence-electron chi connectivity index (χ0n) is 65.6. The quantitative estimate of drug-likeness (QED) is 0.0233. The van der Waals surface area contributed by atoms with Gasteiger partial charge in [-0.05, 0) is 44.5 Å². The lowest BCUT2D eigenvalue weighted by atomic mass is 9.47. The van der Waals surface area contributed by atoms with Crippen LogP contribution in [0.4, 0.5) is 0 Å². The number of nitrogens with one attached hydrogen (secondary N) is 8.